The van der Waals surface area contributed by atoms with Gasteiger partial charge in [0.15, 0.2) is 17.1 Å². The monoisotopic (exact) mass is 439 g/mol. The Balaban J connectivity index is 1.35. The van der Waals surface area contributed by atoms with Crippen molar-refractivity contribution in [3.8, 4) is 17.2 Å². The van der Waals surface area contributed by atoms with Crippen LogP contribution in [-0.2, 0) is 11.2 Å². The lowest BCUT2D eigenvalue weighted by Crippen LogP contribution is -2.40. The summed E-state index contributed by atoms with van der Waals surface area (Å²) in [7, 11) is 4.74. The molecule has 1 aliphatic heterocycles. The van der Waals surface area contributed by atoms with Crippen molar-refractivity contribution < 1.29 is 23.4 Å². The minimum absolute atomic E-state index is 0.00810. The van der Waals surface area contributed by atoms with E-state index in [0.717, 1.165) is 36.0 Å². The Labute approximate surface area is 187 Å². The fourth-order valence-corrected chi connectivity index (χ4v) is 4.21. The van der Waals surface area contributed by atoms with Gasteiger partial charge < -0.3 is 28.8 Å². The summed E-state index contributed by atoms with van der Waals surface area (Å²) in [5, 5.41) is 3.07. The summed E-state index contributed by atoms with van der Waals surface area (Å²) >= 11 is 0. The van der Waals surface area contributed by atoms with Crippen molar-refractivity contribution >= 4 is 23.0 Å². The van der Waals surface area contributed by atoms with Crippen LogP contribution in [0.1, 0.15) is 24.8 Å². The highest BCUT2D eigenvalue weighted by atomic mass is 16.5. The van der Waals surface area contributed by atoms with E-state index in [1.807, 2.05) is 36.4 Å². The molecule has 1 saturated heterocycles. The number of nitrogens with zero attached hydrogens (tertiary/aromatic N) is 2. The number of hydrogen-bond donors (Lipinski definition) is 1. The van der Waals surface area contributed by atoms with Crippen molar-refractivity contribution in [2.24, 2.45) is 0 Å². The van der Waals surface area contributed by atoms with E-state index in [1.54, 1.807) is 21.3 Å². The predicted molar refractivity (Wildman–Crippen MR) is 122 cm³/mol. The number of aryl methyl sites for hydroxylation is 1. The zero-order chi connectivity index (χ0) is 22.5. The second-order valence-electron chi connectivity index (χ2n) is 7.75. The highest BCUT2D eigenvalue weighted by Crippen LogP contribution is 2.40. The van der Waals surface area contributed by atoms with Crippen molar-refractivity contribution in [2.45, 2.75) is 31.7 Å². The highest BCUT2D eigenvalue weighted by molar-refractivity contribution is 5.77. The number of benzene rings is 2. The van der Waals surface area contributed by atoms with E-state index in [1.165, 1.54) is 0 Å². The van der Waals surface area contributed by atoms with Crippen LogP contribution in [0.5, 0.6) is 17.2 Å². The molecule has 0 radical (unpaired) electrons. The summed E-state index contributed by atoms with van der Waals surface area (Å²) in [6.07, 6.45) is 2.92. The molecule has 32 heavy (non-hydrogen) atoms. The van der Waals surface area contributed by atoms with Gasteiger partial charge in [0.2, 0.25) is 11.7 Å². The smallest absolute Gasteiger partial charge is 0.298 e. The molecule has 3 aromatic rings. The van der Waals surface area contributed by atoms with Crippen LogP contribution >= 0.6 is 0 Å². The number of carbonyl (C=O) groups excluding carboxylic acids is 1. The van der Waals surface area contributed by atoms with Gasteiger partial charge in [-0.15, -0.1) is 0 Å². The van der Waals surface area contributed by atoms with Crippen molar-refractivity contribution in [2.75, 3.05) is 39.3 Å². The Morgan fingerprint density at radius 2 is 1.94 bits per heavy atom. The fourth-order valence-electron chi connectivity index (χ4n) is 4.21. The maximum Gasteiger partial charge on any atom is 0.298 e. The number of fused-ring (bicyclic) bond motifs is 1. The van der Waals surface area contributed by atoms with Gasteiger partial charge in [0.05, 0.1) is 27.4 Å². The van der Waals surface area contributed by atoms with Crippen LogP contribution in [0.2, 0.25) is 0 Å². The minimum Gasteiger partial charge on any atom is -0.493 e. The SMILES string of the molecule is COc1ccc(CCC(=O)NCC2CCCN2c2nc3ccccc3o2)c(OC)c1OC. The third kappa shape index (κ3) is 4.44. The molecule has 4 rings (SSSR count). The minimum atomic E-state index is -0.00810. The molecule has 1 N–H and O–H groups in total. The molecular weight excluding hydrogens is 410 g/mol. The molecule has 1 amide bonds. The Bertz CT molecular complexity index is 1050. The molecule has 0 bridgehead atoms. The number of para-hydroxylation sites is 2. The van der Waals surface area contributed by atoms with Gasteiger partial charge in [-0.1, -0.05) is 18.2 Å². The average Bonchev–Trinajstić information content (AvgIpc) is 3.46. The third-order valence-electron chi connectivity index (χ3n) is 5.85. The van der Waals surface area contributed by atoms with Crippen LogP contribution < -0.4 is 24.4 Å². The van der Waals surface area contributed by atoms with Crippen molar-refractivity contribution in [3.05, 3.63) is 42.0 Å². The topological polar surface area (TPSA) is 86.1 Å². The fraction of sp³-hybridized carbons (Fsp3) is 0.417. The van der Waals surface area contributed by atoms with Crippen molar-refractivity contribution in [1.82, 2.24) is 10.3 Å². The lowest BCUT2D eigenvalue weighted by molar-refractivity contribution is -0.121. The molecular formula is C24H29N3O5. The number of amides is 1. The van der Waals surface area contributed by atoms with Gasteiger partial charge in [0, 0.05) is 19.5 Å². The number of aromatic nitrogens is 1. The second-order valence-corrected chi connectivity index (χ2v) is 7.75. The van der Waals surface area contributed by atoms with E-state index in [2.05, 4.69) is 15.2 Å². The van der Waals surface area contributed by atoms with E-state index in [4.69, 9.17) is 18.6 Å². The van der Waals surface area contributed by atoms with Crippen molar-refractivity contribution in [1.29, 1.82) is 0 Å². The van der Waals surface area contributed by atoms with Crippen LogP contribution in [0.15, 0.2) is 40.8 Å². The molecule has 1 fully saturated rings. The van der Waals surface area contributed by atoms with E-state index in [9.17, 15) is 4.79 Å². The maximum atomic E-state index is 12.6. The van der Waals surface area contributed by atoms with Crippen LogP contribution in [0.25, 0.3) is 11.1 Å². The summed E-state index contributed by atoms with van der Waals surface area (Å²) < 4.78 is 22.2. The van der Waals surface area contributed by atoms with Gasteiger partial charge >= 0.3 is 0 Å². The number of nitrogens with one attached hydrogen (secondary N) is 1. The molecule has 1 unspecified atom stereocenters. The molecule has 0 saturated carbocycles. The molecule has 1 aromatic heterocycles. The van der Waals surface area contributed by atoms with E-state index in [0.29, 0.717) is 42.6 Å². The second kappa shape index (κ2) is 9.80. The average molecular weight is 440 g/mol. The lowest BCUT2D eigenvalue weighted by atomic mass is 10.1. The molecule has 170 valence electrons. The van der Waals surface area contributed by atoms with Gasteiger partial charge in [-0.05, 0) is 43.0 Å². The normalized spacial score (nSPS) is 15.7. The summed E-state index contributed by atoms with van der Waals surface area (Å²) in [6.45, 7) is 1.43. The Hall–Kier alpha value is -3.42. The van der Waals surface area contributed by atoms with Crippen LogP contribution in [-0.4, -0.2) is 51.4 Å². The van der Waals surface area contributed by atoms with Crippen molar-refractivity contribution in [3.63, 3.8) is 0 Å². The Morgan fingerprint density at radius 3 is 2.69 bits per heavy atom. The number of methoxy groups -OCH3 is 3. The number of hydrogen-bond acceptors (Lipinski definition) is 7. The van der Waals surface area contributed by atoms with Crippen LogP contribution in [0.3, 0.4) is 0 Å². The zero-order valence-corrected chi connectivity index (χ0v) is 18.7. The van der Waals surface area contributed by atoms with E-state index < -0.39 is 0 Å². The third-order valence-corrected chi connectivity index (χ3v) is 5.85. The highest BCUT2D eigenvalue weighted by Gasteiger charge is 2.28. The zero-order valence-electron chi connectivity index (χ0n) is 18.7. The molecule has 0 aliphatic carbocycles. The van der Waals surface area contributed by atoms with E-state index in [-0.39, 0.29) is 11.9 Å². The number of rotatable bonds is 9. The quantitative estimate of drug-likeness (QED) is 0.545. The number of ether oxygens (including phenoxy) is 3. The molecule has 2 aromatic carbocycles. The van der Waals surface area contributed by atoms with Gasteiger partial charge in [-0.2, -0.15) is 4.98 Å². The molecule has 8 nitrogen and oxygen atoms in total. The summed E-state index contributed by atoms with van der Waals surface area (Å²) in [5.41, 5.74) is 2.52. The molecule has 1 atom stereocenters. The first-order valence-electron chi connectivity index (χ1n) is 10.8. The molecule has 0 spiro atoms. The summed E-state index contributed by atoms with van der Waals surface area (Å²) in [4.78, 5) is 19.3. The van der Waals surface area contributed by atoms with Gasteiger partial charge in [-0.3, -0.25) is 4.79 Å². The number of carbonyl (C=O) groups is 1. The first-order chi connectivity index (χ1) is 15.6. The standard InChI is InChI=1S/C24H29N3O5/c1-29-20-12-10-16(22(30-2)23(20)31-3)11-13-21(28)25-15-17-7-6-14-27(17)24-26-18-8-4-5-9-19(18)32-24/h4-5,8-10,12,17H,6-7,11,13-15H2,1-3H3,(H,25,28). The molecule has 2 heterocycles. The van der Waals surface area contributed by atoms with Crippen LogP contribution in [0, 0.1) is 0 Å². The van der Waals surface area contributed by atoms with Gasteiger partial charge in [0.25, 0.3) is 6.01 Å². The van der Waals surface area contributed by atoms with Gasteiger partial charge in [0.1, 0.15) is 5.52 Å². The number of oxazole rings is 1. The summed E-state index contributed by atoms with van der Waals surface area (Å²) in [5.74, 6) is 1.72. The predicted octanol–water partition coefficient (Wildman–Crippen LogP) is 3.57. The first kappa shape index (κ1) is 21.8. The maximum absolute atomic E-state index is 12.6. The largest absolute Gasteiger partial charge is 0.493 e. The Morgan fingerprint density at radius 1 is 1.12 bits per heavy atom. The van der Waals surface area contributed by atoms with Gasteiger partial charge in [-0.25, -0.2) is 0 Å². The molecule has 8 heteroatoms. The number of anilines is 1. The Kier molecular flexibility index (Phi) is 6.68. The lowest BCUT2D eigenvalue weighted by Gasteiger charge is -2.23. The summed E-state index contributed by atoms with van der Waals surface area (Å²) in [6, 6.07) is 12.3. The first-order valence-corrected chi connectivity index (χ1v) is 10.8. The molecule has 1 aliphatic rings. The van der Waals surface area contributed by atoms with Crippen LogP contribution in [0.4, 0.5) is 6.01 Å². The van der Waals surface area contributed by atoms with E-state index >= 15 is 0 Å².